The molecular weight excluding hydrogens is 363 g/mol. The highest BCUT2D eigenvalue weighted by molar-refractivity contribution is 9.10. The summed E-state index contributed by atoms with van der Waals surface area (Å²) < 4.78 is 5.77. The van der Waals surface area contributed by atoms with Crippen LogP contribution in [0, 0.1) is 10.1 Å². The third kappa shape index (κ3) is 3.49. The summed E-state index contributed by atoms with van der Waals surface area (Å²) in [5, 5.41) is 17.4. The minimum Gasteiger partial charge on any atom is -0.436 e. The van der Waals surface area contributed by atoms with Crippen LogP contribution in [0.1, 0.15) is 0 Å². The number of rotatable bonds is 3. The average Bonchev–Trinajstić information content (AvgIpc) is 2.33. The maximum absolute atomic E-state index is 10.7. The number of aromatic nitrogens is 3. The maximum Gasteiger partial charge on any atom is 0.274 e. The van der Waals surface area contributed by atoms with E-state index < -0.39 is 4.92 Å². The van der Waals surface area contributed by atoms with E-state index in [1.807, 2.05) is 0 Å². The van der Waals surface area contributed by atoms with E-state index in [9.17, 15) is 10.1 Å². The van der Waals surface area contributed by atoms with Crippen LogP contribution in [0.3, 0.4) is 0 Å². The van der Waals surface area contributed by atoms with Crippen LogP contribution < -0.4 is 4.74 Å². The average molecular weight is 366 g/mol. The molecule has 0 unspecified atom stereocenters. The smallest absolute Gasteiger partial charge is 0.274 e. The molecule has 7 nitrogen and oxygen atoms in total. The first-order valence-corrected chi connectivity index (χ1v) is 6.19. The van der Waals surface area contributed by atoms with Crippen molar-refractivity contribution in [2.24, 2.45) is 0 Å². The molecule has 19 heavy (non-hydrogen) atoms. The predicted molar refractivity (Wildman–Crippen MR) is 70.7 cm³/mol. The van der Waals surface area contributed by atoms with E-state index in [1.165, 1.54) is 18.2 Å². The first kappa shape index (κ1) is 13.9. The van der Waals surface area contributed by atoms with Gasteiger partial charge in [0.1, 0.15) is 5.75 Å². The van der Waals surface area contributed by atoms with E-state index in [0.29, 0.717) is 4.47 Å². The minimum absolute atomic E-state index is 0.0888. The predicted octanol–water partition coefficient (Wildman–Crippen LogP) is 3.64. The zero-order valence-electron chi connectivity index (χ0n) is 8.88. The lowest BCUT2D eigenvalue weighted by Crippen LogP contribution is -1.96. The van der Waals surface area contributed by atoms with Crippen molar-refractivity contribution in [1.82, 2.24) is 15.2 Å². The van der Waals surface area contributed by atoms with Gasteiger partial charge in [0.2, 0.25) is 10.4 Å². The lowest BCUT2D eigenvalue weighted by Gasteiger charge is -2.05. The van der Waals surface area contributed by atoms with Gasteiger partial charge in [-0.25, -0.2) is 0 Å². The Balaban J connectivity index is 2.38. The number of hydrogen-bond acceptors (Lipinski definition) is 6. The van der Waals surface area contributed by atoms with Crippen molar-refractivity contribution in [3.8, 4) is 11.6 Å². The molecule has 1 heterocycles. The number of nitro benzene ring substituents is 1. The summed E-state index contributed by atoms with van der Waals surface area (Å²) in [6.07, 6.45) is 0. The number of halogens is 3. The van der Waals surface area contributed by atoms with Gasteiger partial charge in [-0.15, -0.1) is 10.2 Å². The van der Waals surface area contributed by atoms with Gasteiger partial charge in [-0.3, -0.25) is 10.1 Å². The largest absolute Gasteiger partial charge is 0.436 e. The van der Waals surface area contributed by atoms with Gasteiger partial charge in [0, 0.05) is 10.5 Å². The van der Waals surface area contributed by atoms with Crippen LogP contribution in [0.5, 0.6) is 11.6 Å². The molecule has 0 N–H and O–H groups in total. The molecule has 0 bridgehead atoms. The van der Waals surface area contributed by atoms with Crippen molar-refractivity contribution in [2.75, 3.05) is 0 Å². The molecule has 0 aliphatic carbocycles. The van der Waals surface area contributed by atoms with Crippen LogP contribution in [0.4, 0.5) is 5.69 Å². The van der Waals surface area contributed by atoms with Gasteiger partial charge >= 0.3 is 0 Å². The van der Waals surface area contributed by atoms with Crippen LogP contribution in [0.2, 0.25) is 10.4 Å². The Morgan fingerprint density at radius 3 is 2.68 bits per heavy atom. The zero-order valence-corrected chi connectivity index (χ0v) is 12.0. The Hall–Kier alpha value is -1.51. The van der Waals surface area contributed by atoms with Crippen molar-refractivity contribution in [1.29, 1.82) is 0 Å². The summed E-state index contributed by atoms with van der Waals surface area (Å²) in [5.41, 5.74) is -0.145. The fourth-order valence-electron chi connectivity index (χ4n) is 1.17. The Bertz CT molecular complexity index is 655. The second-order valence-corrected chi connectivity index (χ2v) is 4.79. The van der Waals surface area contributed by atoms with Crippen LogP contribution in [0.25, 0.3) is 0 Å². The molecule has 0 spiro atoms. The third-order valence-electron chi connectivity index (χ3n) is 1.87. The molecule has 0 saturated heterocycles. The van der Waals surface area contributed by atoms with Gasteiger partial charge in [0.05, 0.1) is 11.0 Å². The fraction of sp³-hybridized carbons (Fsp3) is 0. The standard InChI is InChI=1S/C9H3BrCl2N4O3/c10-4-1-5(16(17)18)3-6(2-4)19-8-7(11)14-15-9(12)13-8/h1-3H. The maximum atomic E-state index is 10.7. The molecule has 0 amide bonds. The van der Waals surface area contributed by atoms with Crippen molar-refractivity contribution in [2.45, 2.75) is 0 Å². The second-order valence-electron chi connectivity index (χ2n) is 3.18. The fourth-order valence-corrected chi connectivity index (χ4v) is 1.86. The van der Waals surface area contributed by atoms with Crippen LogP contribution in [0.15, 0.2) is 22.7 Å². The van der Waals surface area contributed by atoms with Gasteiger partial charge < -0.3 is 4.74 Å². The molecular formula is C9H3BrCl2N4O3. The molecule has 98 valence electrons. The first-order valence-electron chi connectivity index (χ1n) is 4.64. The van der Waals surface area contributed by atoms with Crippen molar-refractivity contribution in [3.63, 3.8) is 0 Å². The van der Waals surface area contributed by atoms with Gasteiger partial charge in [-0.05, 0) is 17.7 Å². The molecule has 1 aromatic carbocycles. The van der Waals surface area contributed by atoms with Crippen LogP contribution >= 0.6 is 39.1 Å². The molecule has 2 rings (SSSR count). The Kier molecular flexibility index (Phi) is 4.13. The number of ether oxygens (including phenoxy) is 1. The normalized spacial score (nSPS) is 10.3. The van der Waals surface area contributed by atoms with Crippen molar-refractivity contribution < 1.29 is 9.66 Å². The van der Waals surface area contributed by atoms with E-state index in [4.69, 9.17) is 27.9 Å². The van der Waals surface area contributed by atoms with Gasteiger partial charge in [-0.2, -0.15) is 4.98 Å². The highest BCUT2D eigenvalue weighted by atomic mass is 79.9. The highest BCUT2D eigenvalue weighted by Gasteiger charge is 2.13. The molecule has 2 aromatic rings. The lowest BCUT2D eigenvalue weighted by atomic mass is 10.3. The summed E-state index contributed by atoms with van der Waals surface area (Å²) in [4.78, 5) is 13.9. The summed E-state index contributed by atoms with van der Waals surface area (Å²) in [5.74, 6) is 0.0774. The van der Waals surface area contributed by atoms with Crippen molar-refractivity contribution >= 4 is 44.8 Å². The van der Waals surface area contributed by atoms with Crippen LogP contribution in [-0.4, -0.2) is 20.1 Å². The van der Waals surface area contributed by atoms with Crippen LogP contribution in [-0.2, 0) is 0 Å². The van der Waals surface area contributed by atoms with Crippen molar-refractivity contribution in [3.05, 3.63) is 43.2 Å². The van der Waals surface area contributed by atoms with Gasteiger partial charge in [0.25, 0.3) is 11.6 Å². The Morgan fingerprint density at radius 2 is 2.00 bits per heavy atom. The lowest BCUT2D eigenvalue weighted by molar-refractivity contribution is -0.385. The SMILES string of the molecule is O=[N+]([O-])c1cc(Br)cc(Oc2nc(Cl)nnc2Cl)c1. The monoisotopic (exact) mass is 364 g/mol. The molecule has 0 fully saturated rings. The number of hydrogen-bond donors (Lipinski definition) is 0. The number of benzene rings is 1. The van der Waals surface area contributed by atoms with Gasteiger partial charge in [-0.1, -0.05) is 27.5 Å². The molecule has 0 aliphatic rings. The quantitative estimate of drug-likeness (QED) is 0.609. The van der Waals surface area contributed by atoms with E-state index in [2.05, 4.69) is 31.1 Å². The van der Waals surface area contributed by atoms with E-state index in [0.717, 1.165) is 0 Å². The number of non-ortho nitro benzene ring substituents is 1. The Morgan fingerprint density at radius 1 is 1.26 bits per heavy atom. The first-order chi connectivity index (χ1) is 8.95. The van der Waals surface area contributed by atoms with E-state index >= 15 is 0 Å². The zero-order chi connectivity index (χ0) is 14.0. The highest BCUT2D eigenvalue weighted by Crippen LogP contribution is 2.31. The van der Waals surface area contributed by atoms with E-state index in [1.54, 1.807) is 0 Å². The number of nitrogens with zero attached hydrogens (tertiary/aromatic N) is 4. The summed E-state index contributed by atoms with van der Waals surface area (Å²) in [6, 6.07) is 4.07. The summed E-state index contributed by atoms with van der Waals surface area (Å²) >= 11 is 14.4. The second kappa shape index (κ2) is 5.64. The molecule has 0 aliphatic heterocycles. The summed E-state index contributed by atoms with van der Waals surface area (Å²) in [6.45, 7) is 0. The summed E-state index contributed by atoms with van der Waals surface area (Å²) in [7, 11) is 0. The van der Waals surface area contributed by atoms with Gasteiger partial charge in [0.15, 0.2) is 0 Å². The van der Waals surface area contributed by atoms with E-state index in [-0.39, 0.29) is 27.8 Å². The molecule has 0 atom stereocenters. The topological polar surface area (TPSA) is 91.0 Å². The Labute approximate surface area is 124 Å². The molecule has 0 radical (unpaired) electrons. The molecule has 0 saturated carbocycles. The third-order valence-corrected chi connectivity index (χ3v) is 2.73. The molecule has 1 aromatic heterocycles. The molecule has 10 heteroatoms. The minimum atomic E-state index is -0.551. The number of nitro groups is 1.